The van der Waals surface area contributed by atoms with E-state index in [1.165, 1.54) is 18.5 Å². The molecule has 1 aromatic carbocycles. The molecule has 0 fully saturated rings. The Morgan fingerprint density at radius 3 is 2.55 bits per heavy atom. The first kappa shape index (κ1) is 26.7. The van der Waals surface area contributed by atoms with Crippen LogP contribution in [0, 0.1) is 0 Å². The van der Waals surface area contributed by atoms with Gasteiger partial charge in [-0.1, -0.05) is 23.4 Å². The van der Waals surface area contributed by atoms with Crippen LogP contribution in [0.3, 0.4) is 0 Å². The van der Waals surface area contributed by atoms with Crippen LogP contribution in [0.4, 0.5) is 13.2 Å². The highest BCUT2D eigenvalue weighted by atomic mass is 19.4. The second-order valence-corrected chi connectivity index (χ2v) is 8.65. The third kappa shape index (κ3) is 6.48. The zero-order chi connectivity index (χ0) is 27.3. The molecule has 0 radical (unpaired) electrons. The van der Waals surface area contributed by atoms with Gasteiger partial charge in [-0.05, 0) is 45.3 Å². The Balaban J connectivity index is 1.47. The third-order valence-electron chi connectivity index (χ3n) is 5.53. The molecule has 198 valence electrons. The molecule has 10 nitrogen and oxygen atoms in total. The van der Waals surface area contributed by atoms with Gasteiger partial charge in [0.25, 0.3) is 5.91 Å². The number of carbonyl (C=O) groups is 2. The summed E-state index contributed by atoms with van der Waals surface area (Å²) in [7, 11) is 3.88. The molecule has 0 saturated heterocycles. The largest absolute Gasteiger partial charge is 0.460 e. The van der Waals surface area contributed by atoms with Crippen LogP contribution in [0.25, 0.3) is 22.8 Å². The predicted octanol–water partition coefficient (Wildman–Crippen LogP) is 4.00. The van der Waals surface area contributed by atoms with Gasteiger partial charge in [0, 0.05) is 36.0 Å². The van der Waals surface area contributed by atoms with Gasteiger partial charge < -0.3 is 19.2 Å². The minimum atomic E-state index is -5.15. The highest BCUT2D eigenvalue weighted by molar-refractivity contribution is 5.97. The lowest BCUT2D eigenvalue weighted by atomic mass is 10.0. The van der Waals surface area contributed by atoms with Crippen molar-refractivity contribution in [1.82, 2.24) is 30.3 Å². The van der Waals surface area contributed by atoms with Crippen molar-refractivity contribution in [3.63, 3.8) is 0 Å². The third-order valence-corrected chi connectivity index (χ3v) is 5.53. The summed E-state index contributed by atoms with van der Waals surface area (Å²) in [5.74, 6) is -3.93. The van der Waals surface area contributed by atoms with Crippen LogP contribution < -0.4 is 5.32 Å². The fraction of sp³-hybridized carbons (Fsp3) is 0.280. The van der Waals surface area contributed by atoms with Gasteiger partial charge in [-0.15, -0.1) is 0 Å². The molecule has 0 aliphatic rings. The van der Waals surface area contributed by atoms with Gasteiger partial charge in [0.2, 0.25) is 11.7 Å². The van der Waals surface area contributed by atoms with E-state index >= 15 is 0 Å². The lowest BCUT2D eigenvalue weighted by molar-refractivity contribution is -0.0906. The monoisotopic (exact) mass is 528 g/mol. The zero-order valence-corrected chi connectivity index (χ0v) is 20.4. The molecule has 0 spiro atoms. The molecule has 4 rings (SSSR count). The molecule has 0 saturated carbocycles. The van der Waals surface area contributed by atoms with Crippen molar-refractivity contribution in [2.75, 3.05) is 27.2 Å². The van der Waals surface area contributed by atoms with Crippen LogP contribution >= 0.6 is 0 Å². The molecule has 13 heteroatoms. The molecule has 1 atom stereocenters. The van der Waals surface area contributed by atoms with E-state index in [1.807, 2.05) is 49.3 Å². The summed E-state index contributed by atoms with van der Waals surface area (Å²) in [6, 6.07) is 10.8. The predicted molar refractivity (Wildman–Crippen MR) is 128 cm³/mol. The molecule has 0 aliphatic heterocycles. The number of alkyl halides is 3. The number of rotatable bonds is 10. The number of aromatic nitrogens is 4. The normalized spacial score (nSPS) is 12.5. The lowest BCUT2D eigenvalue weighted by Crippen LogP contribution is -2.30. The van der Waals surface area contributed by atoms with Crippen molar-refractivity contribution < 1.29 is 31.7 Å². The van der Waals surface area contributed by atoms with Crippen molar-refractivity contribution in [2.45, 2.75) is 18.5 Å². The van der Waals surface area contributed by atoms with Crippen molar-refractivity contribution in [3.8, 4) is 22.8 Å². The van der Waals surface area contributed by atoms with Crippen LogP contribution in [0.5, 0.6) is 0 Å². The number of hydrogen-bond acceptors (Lipinski definition) is 9. The standard InChI is InChI=1S/C25H23F3N6O4/c1-34(2)9-8-16(19-14-37-23(31-19)15-6-4-3-5-7-15)13-30-22(36)18-10-17(11-29-12-18)21-32-24(38-33-21)20(35)25(26,27)28/h3-7,10-12,14,16H,8-9,13H2,1-2H3,(H,30,36). The number of carbonyl (C=O) groups excluding carboxylic acids is 2. The Labute approximate surface area is 214 Å². The van der Waals surface area contributed by atoms with Gasteiger partial charge in [0.1, 0.15) is 6.26 Å². The zero-order valence-electron chi connectivity index (χ0n) is 20.4. The number of pyridine rings is 1. The fourth-order valence-electron chi connectivity index (χ4n) is 3.51. The first-order valence-electron chi connectivity index (χ1n) is 11.5. The highest BCUT2D eigenvalue weighted by Crippen LogP contribution is 2.25. The summed E-state index contributed by atoms with van der Waals surface area (Å²) >= 11 is 0. The summed E-state index contributed by atoms with van der Waals surface area (Å²) in [5.41, 5.74) is 1.74. The minimum Gasteiger partial charge on any atom is -0.444 e. The fourth-order valence-corrected chi connectivity index (χ4v) is 3.51. The van der Waals surface area contributed by atoms with Crippen LogP contribution in [0.1, 0.15) is 39.1 Å². The number of nitrogens with zero attached hydrogens (tertiary/aromatic N) is 5. The molecule has 1 amide bonds. The summed E-state index contributed by atoms with van der Waals surface area (Å²) in [6.07, 6.45) is -0.361. The van der Waals surface area contributed by atoms with E-state index in [1.54, 1.807) is 6.26 Å². The molecule has 0 bridgehead atoms. The van der Waals surface area contributed by atoms with E-state index in [0.29, 0.717) is 18.0 Å². The summed E-state index contributed by atoms with van der Waals surface area (Å²) in [5, 5.41) is 6.25. The molecule has 0 aliphatic carbocycles. The van der Waals surface area contributed by atoms with Crippen LogP contribution in [-0.4, -0.2) is 70.1 Å². The number of oxazole rings is 1. The Bertz CT molecular complexity index is 1400. The quantitative estimate of drug-likeness (QED) is 0.304. The van der Waals surface area contributed by atoms with E-state index in [0.717, 1.165) is 12.1 Å². The van der Waals surface area contributed by atoms with Crippen molar-refractivity contribution in [2.24, 2.45) is 0 Å². The Morgan fingerprint density at radius 1 is 1.08 bits per heavy atom. The molecular formula is C25H23F3N6O4. The molecular weight excluding hydrogens is 505 g/mol. The summed E-state index contributed by atoms with van der Waals surface area (Å²) in [4.78, 5) is 38.3. The molecule has 1 N–H and O–H groups in total. The number of Topliss-reactive ketones (excluding diaryl/α,β-unsaturated/α-hetero) is 1. The van der Waals surface area contributed by atoms with Gasteiger partial charge in [-0.3, -0.25) is 14.6 Å². The summed E-state index contributed by atoms with van der Waals surface area (Å²) in [6.45, 7) is 0.978. The van der Waals surface area contributed by atoms with Crippen molar-refractivity contribution >= 4 is 11.7 Å². The molecule has 38 heavy (non-hydrogen) atoms. The average molecular weight is 528 g/mol. The highest BCUT2D eigenvalue weighted by Gasteiger charge is 2.43. The second kappa shape index (κ2) is 11.3. The van der Waals surface area contributed by atoms with Crippen LogP contribution in [0.15, 0.2) is 64.0 Å². The first-order chi connectivity index (χ1) is 18.1. The Hall–Kier alpha value is -4.39. The number of amides is 1. The maximum Gasteiger partial charge on any atom is 0.460 e. The van der Waals surface area contributed by atoms with Crippen molar-refractivity contribution in [1.29, 1.82) is 0 Å². The maximum absolute atomic E-state index is 12.9. The number of nitrogens with one attached hydrogen (secondary N) is 1. The number of benzene rings is 1. The summed E-state index contributed by atoms with van der Waals surface area (Å²) < 4.78 is 48.0. The second-order valence-electron chi connectivity index (χ2n) is 8.65. The van der Waals surface area contributed by atoms with Crippen LogP contribution in [0.2, 0.25) is 0 Å². The van der Waals surface area contributed by atoms with E-state index in [4.69, 9.17) is 4.42 Å². The lowest BCUT2D eigenvalue weighted by Gasteiger charge is -2.18. The minimum absolute atomic E-state index is 0.107. The van der Waals surface area contributed by atoms with Gasteiger partial charge in [0.05, 0.1) is 11.3 Å². The van der Waals surface area contributed by atoms with Gasteiger partial charge in [0.15, 0.2) is 0 Å². The Morgan fingerprint density at radius 2 is 1.84 bits per heavy atom. The Kier molecular flexibility index (Phi) is 7.96. The van der Waals surface area contributed by atoms with Gasteiger partial charge in [-0.25, -0.2) is 4.98 Å². The first-order valence-corrected chi connectivity index (χ1v) is 11.5. The molecule has 1 unspecified atom stereocenters. The van der Waals surface area contributed by atoms with Crippen molar-refractivity contribution in [3.05, 3.63) is 72.2 Å². The van der Waals surface area contributed by atoms with Gasteiger partial charge in [-0.2, -0.15) is 18.2 Å². The molecule has 3 aromatic heterocycles. The smallest absolute Gasteiger partial charge is 0.444 e. The van der Waals surface area contributed by atoms with E-state index < -0.39 is 23.8 Å². The number of halogens is 3. The van der Waals surface area contributed by atoms with Crippen LogP contribution in [-0.2, 0) is 0 Å². The van der Waals surface area contributed by atoms with Gasteiger partial charge >= 0.3 is 17.9 Å². The van der Waals surface area contributed by atoms with E-state index in [9.17, 15) is 22.8 Å². The van der Waals surface area contributed by atoms with E-state index in [-0.39, 0.29) is 29.4 Å². The van der Waals surface area contributed by atoms with E-state index in [2.05, 4.69) is 29.9 Å². The maximum atomic E-state index is 12.9. The number of hydrogen-bond donors (Lipinski definition) is 1. The SMILES string of the molecule is CN(C)CCC(CNC(=O)c1cncc(-c2noc(C(=O)C(F)(F)F)n2)c1)c1coc(-c2ccccc2)n1. The number of ketones is 1. The molecule has 3 heterocycles. The molecule has 4 aromatic rings. The topological polar surface area (TPSA) is 127 Å². The average Bonchev–Trinajstić information content (AvgIpc) is 3.59.